The van der Waals surface area contributed by atoms with Crippen molar-refractivity contribution in [3.8, 4) is 0 Å². The average molecular weight is 369 g/mol. The number of aryl methyl sites for hydroxylation is 1. The van der Waals surface area contributed by atoms with E-state index < -0.39 is 5.97 Å². The first-order valence-electron chi connectivity index (χ1n) is 8.88. The van der Waals surface area contributed by atoms with E-state index >= 15 is 0 Å². The highest BCUT2D eigenvalue weighted by Crippen LogP contribution is 2.17. The van der Waals surface area contributed by atoms with Gasteiger partial charge in [-0.15, -0.1) is 0 Å². The van der Waals surface area contributed by atoms with E-state index in [1.165, 1.54) is 12.7 Å². The summed E-state index contributed by atoms with van der Waals surface area (Å²) in [6.07, 6.45) is 0. The number of benzene rings is 2. The zero-order valence-corrected chi connectivity index (χ0v) is 16.3. The molecule has 0 fully saturated rings. The van der Waals surface area contributed by atoms with Gasteiger partial charge in [-0.25, -0.2) is 9.59 Å². The van der Waals surface area contributed by atoms with Crippen molar-refractivity contribution in [3.63, 3.8) is 0 Å². The summed E-state index contributed by atoms with van der Waals surface area (Å²) in [6.45, 7) is 5.35. The largest absolute Gasteiger partial charge is 0.465 e. The van der Waals surface area contributed by atoms with Crippen LogP contribution in [0.15, 0.2) is 48.5 Å². The highest BCUT2D eigenvalue weighted by molar-refractivity contribution is 5.94. The number of hydrogen-bond acceptors (Lipinski definition) is 4. The molecule has 2 N–H and O–H groups in total. The Morgan fingerprint density at radius 1 is 1.15 bits per heavy atom. The van der Waals surface area contributed by atoms with Crippen LogP contribution < -0.4 is 10.6 Å². The van der Waals surface area contributed by atoms with Crippen molar-refractivity contribution in [2.24, 2.45) is 0 Å². The minimum absolute atomic E-state index is 0.0391. The van der Waals surface area contributed by atoms with Gasteiger partial charge in [0.15, 0.2) is 0 Å². The maximum Gasteiger partial charge on any atom is 0.337 e. The predicted octanol–water partition coefficient (Wildman–Crippen LogP) is 3.42. The van der Waals surface area contributed by atoms with Crippen LogP contribution in [0, 0.1) is 6.92 Å². The van der Waals surface area contributed by atoms with Gasteiger partial charge in [0, 0.05) is 24.8 Å². The molecular formula is C21H27N3O3. The Labute approximate surface area is 160 Å². The summed E-state index contributed by atoms with van der Waals surface area (Å²) in [5.41, 5.74) is 3.08. The Morgan fingerprint density at radius 2 is 1.85 bits per heavy atom. The number of esters is 1. The Bertz CT molecular complexity index is 777. The number of methoxy groups -OCH3 is 1. The number of carbonyl (C=O) groups is 2. The molecule has 2 aromatic carbocycles. The summed E-state index contributed by atoms with van der Waals surface area (Å²) < 4.78 is 4.72. The fraction of sp³-hybridized carbons (Fsp3) is 0.333. The summed E-state index contributed by atoms with van der Waals surface area (Å²) >= 11 is 0. The van der Waals surface area contributed by atoms with Gasteiger partial charge in [0.1, 0.15) is 0 Å². The van der Waals surface area contributed by atoms with Crippen molar-refractivity contribution in [1.29, 1.82) is 0 Å². The molecule has 0 aliphatic carbocycles. The SMILES string of the molecule is COC(=O)c1ccc(C)c(NC(=O)N[C@@H](C)CN(C)Cc2ccccc2)c1. The lowest BCUT2D eigenvalue weighted by molar-refractivity contribution is 0.0600. The standard InChI is InChI=1S/C21H27N3O3/c1-15-10-11-18(20(25)27-4)12-19(15)23-21(26)22-16(2)13-24(3)14-17-8-6-5-7-9-17/h5-12,16H,13-14H2,1-4H3,(H2,22,23,26)/t16-/m0/s1. The second-order valence-electron chi connectivity index (χ2n) is 6.70. The Kier molecular flexibility index (Phi) is 7.37. The van der Waals surface area contributed by atoms with Gasteiger partial charge in [-0.05, 0) is 44.2 Å². The normalized spacial score (nSPS) is 11.7. The molecule has 144 valence electrons. The van der Waals surface area contributed by atoms with Gasteiger partial charge in [-0.3, -0.25) is 0 Å². The van der Waals surface area contributed by atoms with E-state index in [-0.39, 0.29) is 12.1 Å². The summed E-state index contributed by atoms with van der Waals surface area (Å²) in [6, 6.07) is 14.9. The van der Waals surface area contributed by atoms with Gasteiger partial charge in [0.25, 0.3) is 0 Å². The van der Waals surface area contributed by atoms with Crippen LogP contribution in [0.4, 0.5) is 10.5 Å². The Hall–Kier alpha value is -2.86. The van der Waals surface area contributed by atoms with E-state index in [4.69, 9.17) is 4.74 Å². The molecular weight excluding hydrogens is 342 g/mol. The van der Waals surface area contributed by atoms with Gasteiger partial charge >= 0.3 is 12.0 Å². The quantitative estimate of drug-likeness (QED) is 0.734. The molecule has 0 unspecified atom stereocenters. The van der Waals surface area contributed by atoms with Crippen molar-refractivity contribution in [1.82, 2.24) is 10.2 Å². The van der Waals surface area contributed by atoms with Crippen molar-refractivity contribution in [2.45, 2.75) is 26.4 Å². The van der Waals surface area contributed by atoms with Crippen molar-refractivity contribution < 1.29 is 14.3 Å². The summed E-state index contributed by atoms with van der Waals surface area (Å²) in [7, 11) is 3.35. The number of nitrogens with one attached hydrogen (secondary N) is 2. The molecule has 0 aromatic heterocycles. The van der Waals surface area contributed by atoms with Gasteiger partial charge in [-0.1, -0.05) is 36.4 Å². The van der Waals surface area contributed by atoms with Crippen LogP contribution in [0.5, 0.6) is 0 Å². The molecule has 2 rings (SSSR count). The van der Waals surface area contributed by atoms with Crippen molar-refractivity contribution >= 4 is 17.7 Å². The maximum absolute atomic E-state index is 12.3. The zero-order valence-electron chi connectivity index (χ0n) is 16.3. The van der Waals surface area contributed by atoms with E-state index in [0.29, 0.717) is 17.8 Å². The number of amides is 2. The van der Waals surface area contributed by atoms with E-state index in [9.17, 15) is 9.59 Å². The molecule has 0 radical (unpaired) electrons. The topological polar surface area (TPSA) is 70.7 Å². The summed E-state index contributed by atoms with van der Waals surface area (Å²) in [5, 5.41) is 5.73. The van der Waals surface area contributed by atoms with Gasteiger partial charge < -0.3 is 20.3 Å². The average Bonchev–Trinajstić information content (AvgIpc) is 2.63. The lowest BCUT2D eigenvalue weighted by Crippen LogP contribution is -2.42. The molecule has 0 aliphatic heterocycles. The molecule has 0 spiro atoms. The number of ether oxygens (including phenoxy) is 1. The van der Waals surface area contributed by atoms with Gasteiger partial charge in [0.2, 0.25) is 0 Å². The van der Waals surface area contributed by atoms with Crippen molar-refractivity contribution in [3.05, 3.63) is 65.2 Å². The molecule has 0 heterocycles. The third-order valence-corrected chi connectivity index (χ3v) is 4.17. The molecule has 27 heavy (non-hydrogen) atoms. The Balaban J connectivity index is 1.88. The second kappa shape index (κ2) is 9.73. The van der Waals surface area contributed by atoms with E-state index in [0.717, 1.165) is 12.1 Å². The van der Waals surface area contributed by atoms with E-state index in [1.807, 2.05) is 39.1 Å². The van der Waals surface area contributed by atoms with Gasteiger partial charge in [-0.2, -0.15) is 0 Å². The second-order valence-corrected chi connectivity index (χ2v) is 6.70. The Morgan fingerprint density at radius 3 is 2.52 bits per heavy atom. The fourth-order valence-corrected chi connectivity index (χ4v) is 2.86. The number of rotatable bonds is 7. The number of anilines is 1. The van der Waals surface area contributed by atoms with Crippen LogP contribution in [-0.4, -0.2) is 43.6 Å². The first-order valence-corrected chi connectivity index (χ1v) is 8.88. The third-order valence-electron chi connectivity index (χ3n) is 4.17. The molecule has 0 saturated heterocycles. The van der Waals surface area contributed by atoms with Crippen LogP contribution in [0.2, 0.25) is 0 Å². The zero-order chi connectivity index (χ0) is 19.8. The van der Waals surface area contributed by atoms with Gasteiger partial charge in [0.05, 0.1) is 12.7 Å². The molecule has 2 amide bonds. The van der Waals surface area contributed by atoms with E-state index in [1.54, 1.807) is 18.2 Å². The highest BCUT2D eigenvalue weighted by Gasteiger charge is 2.13. The monoisotopic (exact) mass is 369 g/mol. The molecule has 2 aromatic rings. The third kappa shape index (κ3) is 6.42. The van der Waals surface area contributed by atoms with Crippen LogP contribution in [0.1, 0.15) is 28.4 Å². The first-order chi connectivity index (χ1) is 12.9. The number of carbonyl (C=O) groups excluding carboxylic acids is 2. The minimum atomic E-state index is -0.436. The number of hydrogen-bond donors (Lipinski definition) is 2. The summed E-state index contributed by atoms with van der Waals surface area (Å²) in [5.74, 6) is -0.436. The lowest BCUT2D eigenvalue weighted by Gasteiger charge is -2.22. The smallest absolute Gasteiger partial charge is 0.337 e. The van der Waals surface area contributed by atoms with Crippen LogP contribution in [-0.2, 0) is 11.3 Å². The minimum Gasteiger partial charge on any atom is -0.465 e. The lowest BCUT2D eigenvalue weighted by atomic mass is 10.1. The molecule has 6 nitrogen and oxygen atoms in total. The molecule has 6 heteroatoms. The highest BCUT2D eigenvalue weighted by atomic mass is 16.5. The molecule has 0 saturated carbocycles. The van der Waals surface area contributed by atoms with Crippen LogP contribution in [0.3, 0.4) is 0 Å². The molecule has 1 atom stereocenters. The number of likely N-dealkylation sites (N-methyl/N-ethyl adjacent to an activating group) is 1. The fourth-order valence-electron chi connectivity index (χ4n) is 2.86. The summed E-state index contributed by atoms with van der Waals surface area (Å²) in [4.78, 5) is 26.1. The van der Waals surface area contributed by atoms with E-state index in [2.05, 4.69) is 27.7 Å². The van der Waals surface area contributed by atoms with Crippen LogP contribution >= 0.6 is 0 Å². The predicted molar refractivity (Wildman–Crippen MR) is 107 cm³/mol. The first kappa shape index (κ1) is 20.5. The number of urea groups is 1. The molecule has 0 bridgehead atoms. The maximum atomic E-state index is 12.3. The van der Waals surface area contributed by atoms with Crippen LogP contribution in [0.25, 0.3) is 0 Å². The van der Waals surface area contributed by atoms with Crippen molar-refractivity contribution in [2.75, 3.05) is 26.0 Å². The number of nitrogens with zero attached hydrogens (tertiary/aromatic N) is 1. The molecule has 0 aliphatic rings.